The molecule has 5 rings (SSSR count). The molecule has 0 unspecified atom stereocenters. The Morgan fingerprint density at radius 3 is 2.77 bits per heavy atom. The van der Waals surface area contributed by atoms with Crippen LogP contribution >= 0.6 is 0 Å². The van der Waals surface area contributed by atoms with Gasteiger partial charge in [-0.1, -0.05) is 0 Å². The third-order valence-electron chi connectivity index (χ3n) is 5.67. The van der Waals surface area contributed by atoms with E-state index in [0.29, 0.717) is 11.2 Å². The number of alkyl halides is 3. The molecule has 0 radical (unpaired) electrons. The molecule has 162 valence electrons. The zero-order chi connectivity index (χ0) is 21.8. The molecule has 0 atom stereocenters. The summed E-state index contributed by atoms with van der Waals surface area (Å²) < 4.78 is 46.2. The van der Waals surface area contributed by atoms with Gasteiger partial charge in [-0.15, -0.1) is 5.10 Å². The maximum absolute atomic E-state index is 13.0. The van der Waals surface area contributed by atoms with Gasteiger partial charge in [0.15, 0.2) is 11.5 Å². The van der Waals surface area contributed by atoms with Crippen molar-refractivity contribution in [3.8, 4) is 5.75 Å². The number of ether oxygens (including phenoxy) is 1. The summed E-state index contributed by atoms with van der Waals surface area (Å²) in [6, 6.07) is 2.39. The molecular formula is C19H18F3N7O2. The number of pyridine rings is 1. The Bertz CT molecular complexity index is 1170. The molecular weight excluding hydrogens is 415 g/mol. The van der Waals surface area contributed by atoms with Crippen molar-refractivity contribution in [2.24, 2.45) is 5.41 Å². The number of nitrogens with two attached hydrogens (primary N) is 1. The monoisotopic (exact) mass is 433 g/mol. The fraction of sp³-hybridized carbons (Fsp3) is 0.368. The summed E-state index contributed by atoms with van der Waals surface area (Å²) in [6.07, 6.45) is 1.18. The van der Waals surface area contributed by atoms with Gasteiger partial charge in [0.05, 0.1) is 6.20 Å². The second kappa shape index (κ2) is 6.80. The molecule has 4 heterocycles. The maximum atomic E-state index is 13.0. The van der Waals surface area contributed by atoms with Crippen molar-refractivity contribution in [2.45, 2.75) is 25.1 Å². The van der Waals surface area contributed by atoms with E-state index in [-0.39, 0.29) is 28.8 Å². The number of anilines is 2. The van der Waals surface area contributed by atoms with Crippen molar-refractivity contribution in [3.63, 3.8) is 0 Å². The lowest BCUT2D eigenvalue weighted by molar-refractivity contribution is -0.141. The summed E-state index contributed by atoms with van der Waals surface area (Å²) in [6.45, 7) is 1.96. The van der Waals surface area contributed by atoms with Gasteiger partial charge in [-0.3, -0.25) is 9.78 Å². The van der Waals surface area contributed by atoms with Crippen LogP contribution in [0.25, 0.3) is 5.65 Å². The molecule has 1 aliphatic heterocycles. The summed E-state index contributed by atoms with van der Waals surface area (Å²) in [4.78, 5) is 20.4. The van der Waals surface area contributed by atoms with E-state index in [1.807, 2.05) is 0 Å². The van der Waals surface area contributed by atoms with Crippen molar-refractivity contribution < 1.29 is 22.7 Å². The molecule has 1 spiro atoms. The minimum Gasteiger partial charge on any atom is -0.488 e. The number of amides is 1. The number of fused-ring (bicyclic) bond motifs is 1. The highest BCUT2D eigenvalue weighted by molar-refractivity contribution is 6.12. The predicted octanol–water partition coefficient (Wildman–Crippen LogP) is 2.11. The van der Waals surface area contributed by atoms with Crippen molar-refractivity contribution in [2.75, 3.05) is 24.1 Å². The highest BCUT2D eigenvalue weighted by atomic mass is 19.4. The molecule has 4 N–H and O–H groups in total. The number of carbonyl (C=O) groups excluding carboxylic acids is 1. The van der Waals surface area contributed by atoms with Crippen LogP contribution in [0, 0.1) is 5.41 Å². The van der Waals surface area contributed by atoms with E-state index < -0.39 is 17.8 Å². The van der Waals surface area contributed by atoms with Crippen LogP contribution in [-0.2, 0) is 6.18 Å². The summed E-state index contributed by atoms with van der Waals surface area (Å²) in [5.41, 5.74) is 4.69. The number of rotatable bonds is 4. The van der Waals surface area contributed by atoms with Gasteiger partial charge in [0, 0.05) is 37.0 Å². The molecule has 0 bridgehead atoms. The quantitative estimate of drug-likeness (QED) is 0.577. The third-order valence-corrected chi connectivity index (χ3v) is 5.67. The van der Waals surface area contributed by atoms with Crippen molar-refractivity contribution in [3.05, 3.63) is 42.0 Å². The van der Waals surface area contributed by atoms with Gasteiger partial charge < -0.3 is 21.1 Å². The van der Waals surface area contributed by atoms with Crippen LogP contribution in [0.3, 0.4) is 0 Å². The number of hydrogen-bond acceptors (Lipinski definition) is 7. The lowest BCUT2D eigenvalue weighted by Crippen LogP contribution is -2.62. The van der Waals surface area contributed by atoms with Crippen LogP contribution in [0.2, 0.25) is 0 Å². The van der Waals surface area contributed by atoms with E-state index in [4.69, 9.17) is 10.5 Å². The standard InChI is InChI=1S/C19H18F3N7O2/c20-19(21,22)13-2-4-29-16(27-13)14(15(23)28-29)17(30)26-11-7-24-3-1-12(11)31-10-5-18(6-10)8-25-9-18/h1-4,7,10,25H,5-6,8-9H2,(H2,23,28)(H,26,30). The molecule has 1 saturated carbocycles. The van der Waals surface area contributed by atoms with E-state index in [0.717, 1.165) is 42.7 Å². The first-order chi connectivity index (χ1) is 14.7. The number of aromatic nitrogens is 4. The first kappa shape index (κ1) is 19.5. The van der Waals surface area contributed by atoms with E-state index in [9.17, 15) is 18.0 Å². The van der Waals surface area contributed by atoms with Crippen LogP contribution in [0.5, 0.6) is 5.75 Å². The second-order valence-electron chi connectivity index (χ2n) is 7.92. The van der Waals surface area contributed by atoms with Crippen LogP contribution in [0.1, 0.15) is 28.9 Å². The van der Waals surface area contributed by atoms with Gasteiger partial charge in [-0.05, 0) is 18.9 Å². The summed E-state index contributed by atoms with van der Waals surface area (Å²) >= 11 is 0. The Balaban J connectivity index is 1.39. The third kappa shape index (κ3) is 3.42. The van der Waals surface area contributed by atoms with Crippen LogP contribution in [-0.4, -0.2) is 44.7 Å². The number of halogens is 3. The molecule has 0 aromatic carbocycles. The SMILES string of the molecule is Nc1nn2ccc(C(F)(F)F)nc2c1C(=O)Nc1cnccc1OC1CC2(CNC2)C1. The highest BCUT2D eigenvalue weighted by Gasteiger charge is 2.49. The number of nitrogens with one attached hydrogen (secondary N) is 2. The molecule has 9 nitrogen and oxygen atoms in total. The van der Waals surface area contributed by atoms with E-state index in [1.54, 1.807) is 6.07 Å². The van der Waals surface area contributed by atoms with Gasteiger partial charge in [0.2, 0.25) is 0 Å². The molecule has 2 aliphatic rings. The summed E-state index contributed by atoms with van der Waals surface area (Å²) in [5, 5.41) is 9.74. The smallest absolute Gasteiger partial charge is 0.433 e. The normalized spacial score (nSPS) is 17.9. The molecule has 1 amide bonds. The Morgan fingerprint density at radius 1 is 1.32 bits per heavy atom. The Morgan fingerprint density at radius 2 is 2.10 bits per heavy atom. The molecule has 3 aromatic heterocycles. The first-order valence-corrected chi connectivity index (χ1v) is 9.59. The van der Waals surface area contributed by atoms with Crippen LogP contribution < -0.4 is 21.1 Å². The lowest BCUT2D eigenvalue weighted by Gasteiger charge is -2.53. The molecule has 1 saturated heterocycles. The molecule has 12 heteroatoms. The van der Waals surface area contributed by atoms with Crippen LogP contribution in [0.4, 0.5) is 24.7 Å². The molecule has 1 aliphatic carbocycles. The van der Waals surface area contributed by atoms with Crippen molar-refractivity contribution in [1.29, 1.82) is 0 Å². The summed E-state index contributed by atoms with van der Waals surface area (Å²) in [7, 11) is 0. The zero-order valence-corrected chi connectivity index (χ0v) is 16.1. The second-order valence-corrected chi connectivity index (χ2v) is 7.92. The maximum Gasteiger partial charge on any atom is 0.433 e. The van der Waals surface area contributed by atoms with E-state index in [2.05, 4.69) is 25.7 Å². The molecule has 31 heavy (non-hydrogen) atoms. The van der Waals surface area contributed by atoms with Gasteiger partial charge in [0.1, 0.15) is 28.8 Å². The Kier molecular flexibility index (Phi) is 4.29. The minimum atomic E-state index is -4.67. The summed E-state index contributed by atoms with van der Waals surface area (Å²) in [5.74, 6) is -0.575. The average molecular weight is 433 g/mol. The van der Waals surface area contributed by atoms with Crippen molar-refractivity contribution in [1.82, 2.24) is 24.9 Å². The fourth-order valence-electron chi connectivity index (χ4n) is 4.02. The van der Waals surface area contributed by atoms with Crippen molar-refractivity contribution >= 4 is 23.1 Å². The van der Waals surface area contributed by atoms with E-state index in [1.165, 1.54) is 12.4 Å². The number of carbonyl (C=O) groups is 1. The number of nitrogen functional groups attached to an aromatic ring is 1. The molecule has 3 aromatic rings. The predicted molar refractivity (Wildman–Crippen MR) is 104 cm³/mol. The highest BCUT2D eigenvalue weighted by Crippen LogP contribution is 2.46. The van der Waals surface area contributed by atoms with E-state index >= 15 is 0 Å². The Hall–Kier alpha value is -3.41. The first-order valence-electron chi connectivity index (χ1n) is 9.59. The minimum absolute atomic E-state index is 0.0261. The zero-order valence-electron chi connectivity index (χ0n) is 16.1. The number of hydrogen-bond donors (Lipinski definition) is 3. The topological polar surface area (TPSA) is 119 Å². The van der Waals surface area contributed by atoms with Gasteiger partial charge in [-0.25, -0.2) is 9.50 Å². The van der Waals surface area contributed by atoms with Gasteiger partial charge in [-0.2, -0.15) is 13.2 Å². The Labute approximate surface area is 173 Å². The van der Waals surface area contributed by atoms with Crippen LogP contribution in [0.15, 0.2) is 30.7 Å². The lowest BCUT2D eigenvalue weighted by atomic mass is 9.63. The largest absolute Gasteiger partial charge is 0.488 e. The van der Waals surface area contributed by atoms with Gasteiger partial charge in [0.25, 0.3) is 5.91 Å². The average Bonchev–Trinajstić information content (AvgIpc) is 2.98. The van der Waals surface area contributed by atoms with Gasteiger partial charge >= 0.3 is 6.18 Å². The number of nitrogens with zero attached hydrogens (tertiary/aromatic N) is 4. The molecule has 2 fully saturated rings. The fourth-order valence-corrected chi connectivity index (χ4v) is 4.02.